The monoisotopic (exact) mass is 169 g/mol. The van der Waals surface area contributed by atoms with Gasteiger partial charge in [-0.15, -0.1) is 0 Å². The molecule has 0 saturated carbocycles. The van der Waals surface area contributed by atoms with Gasteiger partial charge in [0.05, 0.1) is 13.2 Å². The van der Waals surface area contributed by atoms with Gasteiger partial charge in [-0.1, -0.05) is 0 Å². The summed E-state index contributed by atoms with van der Waals surface area (Å²) in [6, 6.07) is 0. The number of alkyl halides is 3. The Morgan fingerprint density at radius 1 is 1.45 bits per heavy atom. The van der Waals surface area contributed by atoms with Gasteiger partial charge < -0.3 is 4.74 Å². The van der Waals surface area contributed by atoms with Crippen molar-refractivity contribution in [2.24, 2.45) is 4.99 Å². The van der Waals surface area contributed by atoms with Crippen LogP contribution in [0, 0.1) is 0 Å². The minimum absolute atomic E-state index is 0.0838. The van der Waals surface area contributed by atoms with Crippen LogP contribution in [0.25, 0.3) is 0 Å². The maximum Gasteiger partial charge on any atom is 0.411 e. The summed E-state index contributed by atoms with van der Waals surface area (Å²) in [5.74, 6) is 0. The van der Waals surface area contributed by atoms with Gasteiger partial charge in [-0.2, -0.15) is 13.2 Å². The summed E-state index contributed by atoms with van der Waals surface area (Å²) >= 11 is 0. The number of isocyanates is 1. The van der Waals surface area contributed by atoms with Crippen LogP contribution in [0.4, 0.5) is 13.2 Å². The SMILES string of the molecule is O=C=NCCOCC(F)(F)F. The molecule has 0 unspecified atom stereocenters. The van der Waals surface area contributed by atoms with Crippen LogP contribution < -0.4 is 0 Å². The molecule has 0 radical (unpaired) electrons. The third-order valence-electron chi connectivity index (χ3n) is 0.678. The second-order valence-electron chi connectivity index (χ2n) is 1.64. The van der Waals surface area contributed by atoms with E-state index in [1.807, 2.05) is 0 Å². The smallest absolute Gasteiger partial charge is 0.370 e. The lowest BCUT2D eigenvalue weighted by atomic mass is 10.7. The highest BCUT2D eigenvalue weighted by atomic mass is 19.4. The van der Waals surface area contributed by atoms with Crippen LogP contribution in [0.15, 0.2) is 4.99 Å². The lowest BCUT2D eigenvalue weighted by Gasteiger charge is -2.04. The Morgan fingerprint density at radius 3 is 2.55 bits per heavy atom. The average Bonchev–Trinajstić information content (AvgIpc) is 1.85. The molecule has 0 amide bonds. The van der Waals surface area contributed by atoms with Crippen LogP contribution in [-0.2, 0) is 9.53 Å². The molecule has 0 N–H and O–H groups in total. The first-order valence-corrected chi connectivity index (χ1v) is 2.74. The number of aliphatic imine (C=N–C) groups is 1. The Kier molecular flexibility index (Phi) is 4.49. The summed E-state index contributed by atoms with van der Waals surface area (Å²) < 4.78 is 38.1. The second-order valence-corrected chi connectivity index (χ2v) is 1.64. The molecule has 0 saturated heterocycles. The third-order valence-corrected chi connectivity index (χ3v) is 0.678. The van der Waals surface area contributed by atoms with Crippen molar-refractivity contribution in [2.75, 3.05) is 19.8 Å². The summed E-state index contributed by atoms with van der Waals surface area (Å²) in [6.45, 7) is -1.60. The topological polar surface area (TPSA) is 38.7 Å². The van der Waals surface area contributed by atoms with Crippen molar-refractivity contribution in [3.05, 3.63) is 0 Å². The molecule has 0 atom stereocenters. The van der Waals surface area contributed by atoms with Crippen molar-refractivity contribution in [3.63, 3.8) is 0 Å². The minimum atomic E-state index is -4.31. The fourth-order valence-corrected chi connectivity index (χ4v) is 0.344. The van der Waals surface area contributed by atoms with E-state index in [1.54, 1.807) is 0 Å². The predicted molar refractivity (Wildman–Crippen MR) is 29.9 cm³/mol. The molecule has 3 nitrogen and oxygen atoms in total. The van der Waals surface area contributed by atoms with E-state index in [4.69, 9.17) is 0 Å². The zero-order valence-corrected chi connectivity index (χ0v) is 5.52. The van der Waals surface area contributed by atoms with E-state index in [1.165, 1.54) is 6.08 Å². The van der Waals surface area contributed by atoms with Crippen molar-refractivity contribution in [1.82, 2.24) is 0 Å². The molecule has 0 spiro atoms. The van der Waals surface area contributed by atoms with E-state index in [-0.39, 0.29) is 13.2 Å². The van der Waals surface area contributed by atoms with Gasteiger partial charge in [-0.05, 0) is 0 Å². The van der Waals surface area contributed by atoms with Crippen LogP contribution in [0.5, 0.6) is 0 Å². The van der Waals surface area contributed by atoms with Crippen LogP contribution >= 0.6 is 0 Å². The van der Waals surface area contributed by atoms with Gasteiger partial charge in [0.15, 0.2) is 0 Å². The summed E-state index contributed by atoms with van der Waals surface area (Å²) in [6.07, 6.45) is -3.14. The molecule has 64 valence electrons. The standard InChI is InChI=1S/C5H6F3NO2/c6-5(7,8)3-11-2-1-9-4-10/h1-3H2. The lowest BCUT2D eigenvalue weighted by Crippen LogP contribution is -2.18. The molecule has 0 aromatic carbocycles. The van der Waals surface area contributed by atoms with Gasteiger partial charge in [0, 0.05) is 0 Å². The summed E-state index contributed by atoms with van der Waals surface area (Å²) in [5, 5.41) is 0. The summed E-state index contributed by atoms with van der Waals surface area (Å²) in [4.78, 5) is 12.4. The Balaban J connectivity index is 3.21. The number of nitrogens with zero attached hydrogens (tertiary/aromatic N) is 1. The quantitative estimate of drug-likeness (QED) is 0.356. The largest absolute Gasteiger partial charge is 0.411 e. The fraction of sp³-hybridized carbons (Fsp3) is 0.800. The van der Waals surface area contributed by atoms with Crippen molar-refractivity contribution in [2.45, 2.75) is 6.18 Å². The molecule has 0 aliphatic carbocycles. The van der Waals surface area contributed by atoms with Gasteiger partial charge in [-0.25, -0.2) is 9.79 Å². The highest BCUT2D eigenvalue weighted by Gasteiger charge is 2.26. The number of rotatable bonds is 4. The molecular weight excluding hydrogens is 163 g/mol. The van der Waals surface area contributed by atoms with Crippen molar-refractivity contribution < 1.29 is 22.7 Å². The molecule has 0 bridgehead atoms. The van der Waals surface area contributed by atoms with Gasteiger partial charge in [0.1, 0.15) is 6.61 Å². The third kappa shape index (κ3) is 9.13. The molecule has 0 aromatic rings. The molecular formula is C5H6F3NO2. The molecule has 0 fully saturated rings. The van der Waals surface area contributed by atoms with E-state index in [9.17, 15) is 18.0 Å². The van der Waals surface area contributed by atoms with Gasteiger partial charge in [0.25, 0.3) is 0 Å². The highest BCUT2D eigenvalue weighted by Crippen LogP contribution is 2.13. The van der Waals surface area contributed by atoms with E-state index in [2.05, 4.69) is 9.73 Å². The van der Waals surface area contributed by atoms with Crippen LogP contribution in [0.3, 0.4) is 0 Å². The second kappa shape index (κ2) is 4.87. The average molecular weight is 169 g/mol. The van der Waals surface area contributed by atoms with Gasteiger partial charge >= 0.3 is 6.18 Å². The number of carbonyl (C=O) groups excluding carboxylic acids is 1. The van der Waals surface area contributed by atoms with Crippen molar-refractivity contribution >= 4 is 6.08 Å². The van der Waals surface area contributed by atoms with Crippen LogP contribution in [0.1, 0.15) is 0 Å². The zero-order chi connectivity index (χ0) is 8.74. The van der Waals surface area contributed by atoms with E-state index < -0.39 is 12.8 Å². The lowest BCUT2D eigenvalue weighted by molar-refractivity contribution is -0.173. The first-order valence-electron chi connectivity index (χ1n) is 2.74. The van der Waals surface area contributed by atoms with E-state index in [0.29, 0.717) is 0 Å². The maximum atomic E-state index is 11.3. The van der Waals surface area contributed by atoms with Crippen molar-refractivity contribution in [1.29, 1.82) is 0 Å². The van der Waals surface area contributed by atoms with Crippen LogP contribution in [0.2, 0.25) is 0 Å². The normalized spacial score (nSPS) is 10.8. The molecule has 0 rings (SSSR count). The summed E-state index contributed by atoms with van der Waals surface area (Å²) in [7, 11) is 0. The van der Waals surface area contributed by atoms with Crippen molar-refractivity contribution in [3.8, 4) is 0 Å². The first-order chi connectivity index (χ1) is 5.06. The Hall–Kier alpha value is -0.870. The fourth-order valence-electron chi connectivity index (χ4n) is 0.344. The minimum Gasteiger partial charge on any atom is -0.370 e. The number of hydrogen-bond donors (Lipinski definition) is 0. The number of ether oxygens (including phenoxy) is 1. The Morgan fingerprint density at radius 2 is 2.09 bits per heavy atom. The molecule has 0 aliphatic rings. The molecule has 0 aliphatic heterocycles. The number of hydrogen-bond acceptors (Lipinski definition) is 3. The van der Waals surface area contributed by atoms with E-state index >= 15 is 0 Å². The Labute approximate surface area is 60.9 Å². The first kappa shape index (κ1) is 10.1. The highest BCUT2D eigenvalue weighted by molar-refractivity contribution is 5.32. The van der Waals surface area contributed by atoms with Gasteiger partial charge in [-0.3, -0.25) is 0 Å². The maximum absolute atomic E-state index is 11.3. The molecule has 0 heterocycles. The van der Waals surface area contributed by atoms with Crippen LogP contribution in [-0.4, -0.2) is 32.0 Å². The summed E-state index contributed by atoms with van der Waals surface area (Å²) in [5.41, 5.74) is 0. The van der Waals surface area contributed by atoms with E-state index in [0.717, 1.165) is 0 Å². The molecule has 0 aromatic heterocycles. The molecule has 6 heteroatoms. The molecule has 11 heavy (non-hydrogen) atoms. The number of halogens is 3. The predicted octanol–water partition coefficient (Wildman–Crippen LogP) is 0.901. The van der Waals surface area contributed by atoms with Gasteiger partial charge in [0.2, 0.25) is 6.08 Å². The zero-order valence-electron chi connectivity index (χ0n) is 5.52. The Bertz CT molecular complexity index is 150.